The van der Waals surface area contributed by atoms with Crippen molar-refractivity contribution < 1.29 is 29.2 Å². The summed E-state index contributed by atoms with van der Waals surface area (Å²) in [5.41, 5.74) is 0.675. The molecule has 0 spiro atoms. The van der Waals surface area contributed by atoms with Crippen LogP contribution in [0.15, 0.2) is 23.8 Å². The van der Waals surface area contributed by atoms with Crippen LogP contribution in [0.5, 0.6) is 17.2 Å². The lowest BCUT2D eigenvalue weighted by molar-refractivity contribution is -0.206. The number of ether oxygens (including phenoxy) is 4. The van der Waals surface area contributed by atoms with Crippen LogP contribution >= 0.6 is 0 Å². The van der Waals surface area contributed by atoms with Crippen molar-refractivity contribution in [3.63, 3.8) is 0 Å². The van der Waals surface area contributed by atoms with E-state index in [1.54, 1.807) is 27.4 Å². The van der Waals surface area contributed by atoms with Gasteiger partial charge in [0.05, 0.1) is 39.1 Å². The van der Waals surface area contributed by atoms with Crippen molar-refractivity contribution in [2.45, 2.75) is 50.6 Å². The second-order valence-corrected chi connectivity index (χ2v) is 7.33. The SMILES string of the molecule is COc1cc(OC)c(C2CC(C)(O)[C@@H]3CC=C(C)[C@@H](O)[C@@H]3O2)cc1OC. The van der Waals surface area contributed by atoms with Gasteiger partial charge in [-0.2, -0.15) is 0 Å². The Morgan fingerprint density at radius 2 is 1.69 bits per heavy atom. The lowest BCUT2D eigenvalue weighted by Crippen LogP contribution is -2.55. The molecule has 2 aliphatic rings. The molecule has 0 saturated carbocycles. The maximum atomic E-state index is 11.1. The fourth-order valence-electron chi connectivity index (χ4n) is 4.08. The first-order valence-corrected chi connectivity index (χ1v) is 8.84. The average Bonchev–Trinajstić information content (AvgIpc) is 2.62. The summed E-state index contributed by atoms with van der Waals surface area (Å²) >= 11 is 0. The first-order valence-electron chi connectivity index (χ1n) is 8.84. The molecule has 5 atom stereocenters. The minimum atomic E-state index is -0.968. The van der Waals surface area contributed by atoms with Crippen molar-refractivity contribution in [1.82, 2.24) is 0 Å². The summed E-state index contributed by atoms with van der Waals surface area (Å²) in [7, 11) is 4.72. The second-order valence-electron chi connectivity index (χ2n) is 7.33. The highest BCUT2D eigenvalue weighted by Crippen LogP contribution is 2.49. The third kappa shape index (κ3) is 3.17. The molecule has 0 aromatic heterocycles. The second kappa shape index (κ2) is 7.10. The zero-order chi connectivity index (χ0) is 19.1. The molecule has 1 fully saturated rings. The Hall–Kier alpha value is -1.76. The van der Waals surface area contributed by atoms with Crippen molar-refractivity contribution in [2.75, 3.05) is 21.3 Å². The molecule has 0 radical (unpaired) electrons. The first-order chi connectivity index (χ1) is 12.3. The summed E-state index contributed by atoms with van der Waals surface area (Å²) in [5.74, 6) is 1.57. The monoisotopic (exact) mass is 364 g/mol. The number of rotatable bonds is 4. The maximum Gasteiger partial charge on any atom is 0.164 e. The van der Waals surface area contributed by atoms with Gasteiger partial charge in [-0.25, -0.2) is 0 Å². The van der Waals surface area contributed by atoms with Gasteiger partial charge in [0, 0.05) is 24.0 Å². The fourth-order valence-corrected chi connectivity index (χ4v) is 4.08. The van der Waals surface area contributed by atoms with E-state index in [1.165, 1.54) is 0 Å². The molecule has 1 aliphatic carbocycles. The smallest absolute Gasteiger partial charge is 0.164 e. The number of hydrogen-bond donors (Lipinski definition) is 2. The van der Waals surface area contributed by atoms with Crippen LogP contribution in [-0.2, 0) is 4.74 Å². The number of aliphatic hydroxyl groups is 2. The van der Waals surface area contributed by atoms with Crippen molar-refractivity contribution >= 4 is 0 Å². The molecular formula is C20H28O6. The van der Waals surface area contributed by atoms with Gasteiger partial charge in [0.25, 0.3) is 0 Å². The number of methoxy groups -OCH3 is 3. The quantitative estimate of drug-likeness (QED) is 0.800. The molecule has 1 heterocycles. The van der Waals surface area contributed by atoms with E-state index in [2.05, 4.69) is 0 Å². The molecule has 1 saturated heterocycles. The van der Waals surface area contributed by atoms with E-state index < -0.39 is 23.9 Å². The predicted molar refractivity (Wildman–Crippen MR) is 96.8 cm³/mol. The van der Waals surface area contributed by atoms with Crippen LogP contribution in [0.4, 0.5) is 0 Å². The largest absolute Gasteiger partial charge is 0.496 e. The van der Waals surface area contributed by atoms with Crippen molar-refractivity contribution in [2.24, 2.45) is 5.92 Å². The molecular weight excluding hydrogens is 336 g/mol. The van der Waals surface area contributed by atoms with E-state index in [4.69, 9.17) is 18.9 Å². The fraction of sp³-hybridized carbons (Fsp3) is 0.600. The molecule has 2 unspecified atom stereocenters. The maximum absolute atomic E-state index is 11.1. The van der Waals surface area contributed by atoms with E-state index in [9.17, 15) is 10.2 Å². The predicted octanol–water partition coefficient (Wildman–Crippen LogP) is 2.62. The van der Waals surface area contributed by atoms with Gasteiger partial charge in [0.15, 0.2) is 11.5 Å². The number of fused-ring (bicyclic) bond motifs is 1. The Morgan fingerprint density at radius 3 is 2.31 bits per heavy atom. The van der Waals surface area contributed by atoms with Crippen molar-refractivity contribution in [1.29, 1.82) is 0 Å². The third-order valence-electron chi connectivity index (χ3n) is 5.67. The summed E-state index contributed by atoms with van der Waals surface area (Å²) in [6.45, 7) is 3.70. The molecule has 0 amide bonds. The minimum Gasteiger partial charge on any atom is -0.496 e. The van der Waals surface area contributed by atoms with E-state index in [0.717, 1.165) is 11.1 Å². The van der Waals surface area contributed by atoms with Crippen LogP contribution in [-0.4, -0.2) is 49.4 Å². The van der Waals surface area contributed by atoms with Crippen LogP contribution in [0.25, 0.3) is 0 Å². The molecule has 1 aromatic carbocycles. The number of benzene rings is 1. The molecule has 144 valence electrons. The van der Waals surface area contributed by atoms with E-state index >= 15 is 0 Å². The minimum absolute atomic E-state index is 0.149. The highest BCUT2D eigenvalue weighted by molar-refractivity contribution is 5.51. The third-order valence-corrected chi connectivity index (χ3v) is 5.67. The zero-order valence-electron chi connectivity index (χ0n) is 16.0. The highest BCUT2D eigenvalue weighted by atomic mass is 16.5. The number of allylic oxidation sites excluding steroid dienone is 1. The summed E-state index contributed by atoms with van der Waals surface area (Å²) in [5, 5.41) is 21.7. The average molecular weight is 364 g/mol. The normalized spacial score (nSPS) is 33.9. The molecule has 1 aromatic rings. The van der Waals surface area contributed by atoms with E-state index in [-0.39, 0.29) is 5.92 Å². The molecule has 6 heteroatoms. The Bertz CT molecular complexity index is 696. The Morgan fingerprint density at radius 1 is 1.08 bits per heavy atom. The van der Waals surface area contributed by atoms with Gasteiger partial charge in [0.1, 0.15) is 11.9 Å². The molecule has 0 bridgehead atoms. The van der Waals surface area contributed by atoms with Gasteiger partial charge < -0.3 is 29.2 Å². The van der Waals surface area contributed by atoms with Crippen LogP contribution < -0.4 is 14.2 Å². The molecule has 2 N–H and O–H groups in total. The highest BCUT2D eigenvalue weighted by Gasteiger charge is 2.50. The van der Waals surface area contributed by atoms with E-state index in [1.807, 2.05) is 26.0 Å². The Balaban J connectivity index is 2.01. The van der Waals surface area contributed by atoms with E-state index in [0.29, 0.717) is 30.1 Å². The lowest BCUT2D eigenvalue weighted by atomic mass is 9.70. The van der Waals surface area contributed by atoms with Gasteiger partial charge in [0.2, 0.25) is 0 Å². The van der Waals surface area contributed by atoms with Crippen LogP contribution in [0.3, 0.4) is 0 Å². The summed E-state index contributed by atoms with van der Waals surface area (Å²) in [4.78, 5) is 0. The van der Waals surface area contributed by atoms with Crippen LogP contribution in [0.2, 0.25) is 0 Å². The molecule has 1 aliphatic heterocycles. The van der Waals surface area contributed by atoms with Gasteiger partial charge in [-0.15, -0.1) is 0 Å². The Kier molecular flexibility index (Phi) is 5.19. The number of hydrogen-bond acceptors (Lipinski definition) is 6. The summed E-state index contributed by atoms with van der Waals surface area (Å²) in [6, 6.07) is 3.57. The topological polar surface area (TPSA) is 77.4 Å². The summed E-state index contributed by atoms with van der Waals surface area (Å²) < 4.78 is 22.5. The number of aliphatic hydroxyl groups excluding tert-OH is 1. The van der Waals surface area contributed by atoms with Gasteiger partial charge in [-0.1, -0.05) is 6.08 Å². The van der Waals surface area contributed by atoms with Gasteiger partial charge in [-0.3, -0.25) is 0 Å². The molecule has 3 rings (SSSR count). The lowest BCUT2D eigenvalue weighted by Gasteiger charge is -2.49. The van der Waals surface area contributed by atoms with Crippen molar-refractivity contribution in [3.8, 4) is 17.2 Å². The van der Waals surface area contributed by atoms with Crippen molar-refractivity contribution in [3.05, 3.63) is 29.3 Å². The van der Waals surface area contributed by atoms with Gasteiger partial charge in [-0.05, 0) is 31.9 Å². The van der Waals surface area contributed by atoms with Crippen LogP contribution in [0, 0.1) is 5.92 Å². The van der Waals surface area contributed by atoms with Gasteiger partial charge >= 0.3 is 0 Å². The van der Waals surface area contributed by atoms with Crippen LogP contribution in [0.1, 0.15) is 38.4 Å². The first kappa shape index (κ1) is 19.0. The molecule has 26 heavy (non-hydrogen) atoms. The zero-order valence-corrected chi connectivity index (χ0v) is 16.0. The standard InChI is InChI=1S/C20H28O6/c1-11-6-7-13-19(18(11)21)26-17(10-20(13,2)22)12-8-15(24-4)16(25-5)9-14(12)23-3/h6,8-9,13,17-19,21-22H,7,10H2,1-5H3/t13-,17?,18-,19-,20?/m1/s1. The summed E-state index contributed by atoms with van der Waals surface area (Å²) in [6.07, 6.45) is 1.46. The molecule has 6 nitrogen and oxygen atoms in total. The Labute approximate surface area is 154 Å².